The maximum absolute atomic E-state index is 12.1. The Balaban J connectivity index is 1.86. The van der Waals surface area contributed by atoms with Crippen LogP contribution in [-0.2, 0) is 14.4 Å². The lowest BCUT2D eigenvalue weighted by Gasteiger charge is -2.13. The molecule has 29 heavy (non-hydrogen) atoms. The Morgan fingerprint density at radius 2 is 2.03 bits per heavy atom. The summed E-state index contributed by atoms with van der Waals surface area (Å²) >= 11 is 7.51. The zero-order chi connectivity index (χ0) is 21.4. The number of methoxy groups -OCH3 is 1. The Kier molecular flexibility index (Phi) is 8.17. The molecule has 0 saturated heterocycles. The van der Waals surface area contributed by atoms with Gasteiger partial charge in [-0.25, -0.2) is 4.99 Å². The second-order valence-corrected chi connectivity index (χ2v) is 7.71. The van der Waals surface area contributed by atoms with Crippen molar-refractivity contribution < 1.29 is 19.1 Å². The summed E-state index contributed by atoms with van der Waals surface area (Å²) < 4.78 is 5.19. The van der Waals surface area contributed by atoms with Crippen LogP contribution in [0, 0.1) is 13.8 Å². The molecule has 154 valence electrons. The fourth-order valence-electron chi connectivity index (χ4n) is 2.25. The average Bonchev–Trinajstić information content (AvgIpc) is 3.11. The van der Waals surface area contributed by atoms with Crippen molar-refractivity contribution in [2.24, 2.45) is 4.99 Å². The summed E-state index contributed by atoms with van der Waals surface area (Å²) in [7, 11) is 1.46. The highest BCUT2D eigenvalue weighted by molar-refractivity contribution is 7.15. The summed E-state index contributed by atoms with van der Waals surface area (Å²) in [5.74, 6) is -0.536. The van der Waals surface area contributed by atoms with Gasteiger partial charge in [-0.1, -0.05) is 11.6 Å². The van der Waals surface area contributed by atoms with E-state index in [9.17, 15) is 14.4 Å². The van der Waals surface area contributed by atoms with Gasteiger partial charge in [-0.15, -0.1) is 11.3 Å². The van der Waals surface area contributed by atoms with Crippen LogP contribution in [-0.4, -0.2) is 49.7 Å². The first kappa shape index (κ1) is 22.4. The van der Waals surface area contributed by atoms with Crippen LogP contribution in [0.2, 0.25) is 5.02 Å². The third-order valence-corrected chi connectivity index (χ3v) is 5.04. The minimum Gasteiger partial charge on any atom is -0.495 e. The molecule has 0 saturated carbocycles. The smallest absolute Gasteiger partial charge is 0.243 e. The highest BCUT2D eigenvalue weighted by atomic mass is 35.5. The predicted octanol–water partition coefficient (Wildman–Crippen LogP) is 2.90. The lowest BCUT2D eigenvalue weighted by atomic mass is 10.2. The number of aliphatic imine (C=N–C) groups is 1. The van der Waals surface area contributed by atoms with Crippen LogP contribution < -0.4 is 15.4 Å². The maximum atomic E-state index is 12.1. The van der Waals surface area contributed by atoms with Crippen molar-refractivity contribution in [2.45, 2.75) is 13.8 Å². The number of carbonyl (C=O) groups excluding carboxylic acids is 3. The molecule has 0 aliphatic carbocycles. The molecule has 2 N–H and O–H groups in total. The number of hydrogen-bond donors (Lipinski definition) is 2. The molecule has 0 aliphatic heterocycles. The molecule has 1 aromatic carbocycles. The normalized spacial score (nSPS) is 10.6. The van der Waals surface area contributed by atoms with Gasteiger partial charge in [-0.3, -0.25) is 19.3 Å². The van der Waals surface area contributed by atoms with Crippen molar-refractivity contribution in [1.29, 1.82) is 0 Å². The van der Waals surface area contributed by atoms with Crippen molar-refractivity contribution >= 4 is 58.2 Å². The van der Waals surface area contributed by atoms with Gasteiger partial charge in [0.2, 0.25) is 18.2 Å². The summed E-state index contributed by atoms with van der Waals surface area (Å²) in [5.41, 5.74) is 1.22. The van der Waals surface area contributed by atoms with Crippen LogP contribution in [0.25, 0.3) is 0 Å². The maximum Gasteiger partial charge on any atom is 0.243 e. The minimum atomic E-state index is -0.500. The summed E-state index contributed by atoms with van der Waals surface area (Å²) in [5, 5.41) is 6.35. The number of halogens is 1. The molecule has 8 nitrogen and oxygen atoms in total. The van der Waals surface area contributed by atoms with Gasteiger partial charge < -0.3 is 15.4 Å². The molecule has 1 heterocycles. The second kappa shape index (κ2) is 10.6. The van der Waals surface area contributed by atoms with E-state index in [0.29, 0.717) is 22.9 Å². The van der Waals surface area contributed by atoms with Gasteiger partial charge >= 0.3 is 0 Å². The Labute approximate surface area is 177 Å². The minimum absolute atomic E-state index is 0.256. The molecule has 2 aromatic rings. The van der Waals surface area contributed by atoms with E-state index in [2.05, 4.69) is 15.6 Å². The van der Waals surface area contributed by atoms with E-state index in [-0.39, 0.29) is 13.1 Å². The fraction of sp³-hybridized carbons (Fsp3) is 0.263. The first-order chi connectivity index (χ1) is 13.8. The fourth-order valence-corrected chi connectivity index (χ4v) is 3.11. The molecule has 0 unspecified atom stereocenters. The van der Waals surface area contributed by atoms with Crippen LogP contribution in [0.1, 0.15) is 10.4 Å². The van der Waals surface area contributed by atoms with Gasteiger partial charge in [0.25, 0.3) is 0 Å². The van der Waals surface area contributed by atoms with Crippen LogP contribution in [0.4, 0.5) is 10.7 Å². The lowest BCUT2D eigenvalue weighted by Crippen LogP contribution is -2.39. The molecule has 0 fully saturated rings. The van der Waals surface area contributed by atoms with Crippen molar-refractivity contribution in [1.82, 2.24) is 10.2 Å². The SMILES string of the molecule is COc1cc(Cl)c(C)cc1NC(=O)CNC(=O)CN(C=O)/C=N\c1ccc(C)s1. The number of thiophene rings is 1. The van der Waals surface area contributed by atoms with Crippen molar-refractivity contribution in [3.8, 4) is 5.75 Å². The van der Waals surface area contributed by atoms with Gasteiger partial charge in [-0.2, -0.15) is 0 Å². The molecule has 0 bridgehead atoms. The topological polar surface area (TPSA) is 100 Å². The Morgan fingerprint density at radius 3 is 2.66 bits per heavy atom. The second-order valence-electron chi connectivity index (χ2n) is 6.03. The molecule has 10 heteroatoms. The largest absolute Gasteiger partial charge is 0.495 e. The number of benzene rings is 1. The molecule has 0 aliphatic rings. The number of ether oxygens (including phenoxy) is 1. The molecular formula is C19H21ClN4O4S. The number of carbonyl (C=O) groups is 3. The quantitative estimate of drug-likeness (QED) is 0.358. The molecule has 0 radical (unpaired) electrons. The van der Waals surface area contributed by atoms with E-state index in [0.717, 1.165) is 20.3 Å². The van der Waals surface area contributed by atoms with Crippen LogP contribution in [0.5, 0.6) is 5.75 Å². The number of aryl methyl sites for hydroxylation is 2. The number of amides is 3. The first-order valence-electron chi connectivity index (χ1n) is 8.54. The van der Waals surface area contributed by atoms with Crippen molar-refractivity contribution in [2.75, 3.05) is 25.5 Å². The van der Waals surface area contributed by atoms with Gasteiger partial charge in [0.15, 0.2) is 0 Å². The molecule has 2 rings (SSSR count). The van der Waals surface area contributed by atoms with Gasteiger partial charge in [0, 0.05) is 16.0 Å². The third kappa shape index (κ3) is 6.88. The van der Waals surface area contributed by atoms with Gasteiger partial charge in [0.1, 0.15) is 17.3 Å². The van der Waals surface area contributed by atoms with Crippen molar-refractivity contribution in [3.05, 3.63) is 39.7 Å². The molecule has 1 aromatic heterocycles. The van der Waals surface area contributed by atoms with E-state index in [4.69, 9.17) is 16.3 Å². The van der Waals surface area contributed by atoms with Crippen molar-refractivity contribution in [3.63, 3.8) is 0 Å². The zero-order valence-corrected chi connectivity index (χ0v) is 17.8. The van der Waals surface area contributed by atoms with Gasteiger partial charge in [0.05, 0.1) is 25.7 Å². The zero-order valence-electron chi connectivity index (χ0n) is 16.2. The molecule has 0 atom stereocenters. The highest BCUT2D eigenvalue weighted by Crippen LogP contribution is 2.30. The summed E-state index contributed by atoms with van der Waals surface area (Å²) in [6, 6.07) is 7.00. The predicted molar refractivity (Wildman–Crippen MR) is 114 cm³/mol. The average molecular weight is 437 g/mol. The van der Waals surface area contributed by atoms with Crippen LogP contribution in [0.15, 0.2) is 29.3 Å². The van der Waals surface area contributed by atoms with E-state index in [1.807, 2.05) is 19.1 Å². The monoisotopic (exact) mass is 436 g/mol. The third-order valence-electron chi connectivity index (χ3n) is 3.72. The Bertz CT molecular complexity index is 929. The van der Waals surface area contributed by atoms with Crippen LogP contribution in [0.3, 0.4) is 0 Å². The molecular weight excluding hydrogens is 416 g/mol. The summed E-state index contributed by atoms with van der Waals surface area (Å²) in [4.78, 5) is 41.6. The van der Waals surface area contributed by atoms with Crippen LogP contribution >= 0.6 is 22.9 Å². The highest BCUT2D eigenvalue weighted by Gasteiger charge is 2.12. The number of nitrogens with zero attached hydrogens (tertiary/aromatic N) is 2. The molecule has 3 amide bonds. The van der Waals surface area contributed by atoms with E-state index >= 15 is 0 Å². The Morgan fingerprint density at radius 1 is 1.28 bits per heavy atom. The number of rotatable bonds is 9. The van der Waals surface area contributed by atoms with Gasteiger partial charge in [-0.05, 0) is 37.6 Å². The van der Waals surface area contributed by atoms with E-state index in [1.54, 1.807) is 19.1 Å². The summed E-state index contributed by atoms with van der Waals surface area (Å²) in [6.45, 7) is 3.22. The first-order valence-corrected chi connectivity index (χ1v) is 9.74. The van der Waals surface area contributed by atoms with E-state index < -0.39 is 11.8 Å². The van der Waals surface area contributed by atoms with E-state index in [1.165, 1.54) is 24.8 Å². The molecule has 0 spiro atoms. The number of anilines is 1. The Hall–Kier alpha value is -2.91. The standard InChI is InChI=1S/C19H21ClN4O4S/c1-12-6-15(16(28-3)7-14(12)20)23-17(26)8-21-18(27)9-24(11-25)10-22-19-5-4-13(2)29-19/h4-7,10-11H,8-9H2,1-3H3,(H,21,27)(H,23,26)/b22-10-. The number of nitrogens with one attached hydrogen (secondary N) is 2. The lowest BCUT2D eigenvalue weighted by molar-refractivity contribution is -0.126. The summed E-state index contributed by atoms with van der Waals surface area (Å²) in [6.07, 6.45) is 1.77. The number of hydrogen-bond acceptors (Lipinski definition) is 6.